The number of benzene rings is 2. The summed E-state index contributed by atoms with van der Waals surface area (Å²) in [5.74, 6) is 1.28. The first-order valence-electron chi connectivity index (χ1n) is 7.42. The fraction of sp³-hybridized carbons (Fsp3) is 0.176. The van der Waals surface area contributed by atoms with E-state index in [9.17, 15) is 10.1 Å². The molecule has 0 bridgehead atoms. The zero-order valence-corrected chi connectivity index (χ0v) is 12.8. The number of rotatable bonds is 2. The highest BCUT2D eigenvalue weighted by molar-refractivity contribution is 5.86. The van der Waals surface area contributed by atoms with Gasteiger partial charge in [-0.2, -0.15) is 10.2 Å². The number of hydrogen-bond acceptors (Lipinski definition) is 6. The smallest absolute Gasteiger partial charge is 0.272 e. The summed E-state index contributed by atoms with van der Waals surface area (Å²) in [4.78, 5) is 10.5. The van der Waals surface area contributed by atoms with E-state index in [4.69, 9.17) is 9.47 Å². The van der Waals surface area contributed by atoms with E-state index in [-0.39, 0.29) is 5.69 Å². The molecule has 2 heterocycles. The second-order valence-electron chi connectivity index (χ2n) is 5.62. The highest BCUT2D eigenvalue weighted by Crippen LogP contribution is 2.42. The summed E-state index contributed by atoms with van der Waals surface area (Å²) >= 11 is 0. The van der Waals surface area contributed by atoms with Crippen LogP contribution < -0.4 is 9.47 Å². The van der Waals surface area contributed by atoms with Crippen LogP contribution in [0.15, 0.2) is 40.5 Å². The highest BCUT2D eigenvalue weighted by atomic mass is 16.7. The van der Waals surface area contributed by atoms with Gasteiger partial charge >= 0.3 is 0 Å². The first-order valence-corrected chi connectivity index (χ1v) is 7.42. The van der Waals surface area contributed by atoms with Crippen molar-refractivity contribution in [2.75, 3.05) is 0 Å². The van der Waals surface area contributed by atoms with E-state index in [2.05, 4.69) is 10.2 Å². The topological polar surface area (TPSA) is 86.3 Å². The third-order valence-electron chi connectivity index (χ3n) is 4.02. The zero-order valence-electron chi connectivity index (χ0n) is 12.8. The van der Waals surface area contributed by atoms with Gasteiger partial charge in [0.2, 0.25) is 0 Å². The molecule has 2 aliphatic rings. The van der Waals surface area contributed by atoms with E-state index in [1.165, 1.54) is 6.07 Å². The molecule has 1 atom stereocenters. The molecule has 0 saturated carbocycles. The Morgan fingerprint density at radius 1 is 1.17 bits per heavy atom. The average Bonchev–Trinajstić information content (AvgIpc) is 2.83. The minimum atomic E-state index is -0.615. The summed E-state index contributed by atoms with van der Waals surface area (Å²) < 4.78 is 11.7. The van der Waals surface area contributed by atoms with Gasteiger partial charge in [0.05, 0.1) is 11.1 Å². The fourth-order valence-corrected chi connectivity index (χ4v) is 2.80. The Balaban J connectivity index is 1.64. The Morgan fingerprint density at radius 3 is 2.71 bits per heavy atom. The normalized spacial score (nSPS) is 17.5. The summed E-state index contributed by atoms with van der Waals surface area (Å²) in [6, 6.07) is 8.64. The van der Waals surface area contributed by atoms with E-state index in [0.717, 1.165) is 16.7 Å². The minimum absolute atomic E-state index is 0.0801. The number of hydrogen-bond donors (Lipinski definition) is 0. The number of nitro groups is 1. The van der Waals surface area contributed by atoms with Gasteiger partial charge in [-0.25, -0.2) is 0 Å². The predicted octanol–water partition coefficient (Wildman–Crippen LogP) is 3.33. The van der Waals surface area contributed by atoms with Crippen LogP contribution in [0, 0.1) is 17.0 Å². The third kappa shape index (κ3) is 2.40. The van der Waals surface area contributed by atoms with Gasteiger partial charge in [0.15, 0.2) is 11.5 Å². The van der Waals surface area contributed by atoms with Crippen molar-refractivity contribution in [2.45, 2.75) is 19.6 Å². The molecule has 1 unspecified atom stereocenters. The van der Waals surface area contributed by atoms with E-state index in [0.29, 0.717) is 23.5 Å². The van der Waals surface area contributed by atoms with Crippen LogP contribution >= 0.6 is 0 Å². The average molecular weight is 323 g/mol. The quantitative estimate of drug-likeness (QED) is 0.626. The molecule has 7 heteroatoms. The van der Waals surface area contributed by atoms with Crippen molar-refractivity contribution in [1.29, 1.82) is 0 Å². The van der Waals surface area contributed by atoms with Gasteiger partial charge in [-0.3, -0.25) is 10.1 Å². The van der Waals surface area contributed by atoms with Crippen molar-refractivity contribution in [1.82, 2.24) is 0 Å². The maximum atomic E-state index is 10.9. The Kier molecular flexibility index (Phi) is 3.26. The number of ether oxygens (including phenoxy) is 2. The molecular formula is C17H13N3O4. The molecule has 120 valence electrons. The van der Waals surface area contributed by atoms with Crippen molar-refractivity contribution < 1.29 is 14.4 Å². The molecule has 2 aromatic carbocycles. The molecule has 0 aliphatic carbocycles. The molecule has 0 radical (unpaired) electrons. The van der Waals surface area contributed by atoms with Crippen LogP contribution in [-0.2, 0) is 6.42 Å². The first-order chi connectivity index (χ1) is 11.6. The molecule has 0 spiro atoms. The van der Waals surface area contributed by atoms with Crippen molar-refractivity contribution in [3.63, 3.8) is 0 Å². The molecule has 2 aliphatic heterocycles. The Bertz CT molecular complexity index is 905. The minimum Gasteiger partial charge on any atom is -0.447 e. The molecule has 0 N–H and O–H groups in total. The molecular weight excluding hydrogens is 310 g/mol. The number of nitro benzene ring substituents is 1. The summed E-state index contributed by atoms with van der Waals surface area (Å²) in [6.07, 6.45) is 3.48. The lowest BCUT2D eigenvalue weighted by Gasteiger charge is -2.11. The summed E-state index contributed by atoms with van der Waals surface area (Å²) in [6.45, 7) is 1.70. The first kappa shape index (κ1) is 14.4. The van der Waals surface area contributed by atoms with E-state index in [1.54, 1.807) is 31.5 Å². The SMILES string of the molecule is Cc1cc(C2Oc3cc4c(cc3O2)CC=NN=C4)ccc1[N+](=O)[O-]. The zero-order chi connectivity index (χ0) is 16.7. The Labute approximate surface area is 137 Å². The van der Waals surface area contributed by atoms with Crippen LogP contribution in [0.2, 0.25) is 0 Å². The molecule has 0 fully saturated rings. The third-order valence-corrected chi connectivity index (χ3v) is 4.02. The van der Waals surface area contributed by atoms with Crippen LogP contribution in [0.4, 0.5) is 5.69 Å². The van der Waals surface area contributed by atoms with Crippen LogP contribution in [-0.4, -0.2) is 17.4 Å². The standard InChI is InChI=1S/C17H13N3O4/c1-10-6-12(2-3-14(10)20(21)22)17-23-15-7-11-4-5-18-19-9-13(11)8-16(15)24-17/h2-3,5-9,17H,4H2,1H3. The maximum absolute atomic E-state index is 10.9. The van der Waals surface area contributed by atoms with Crippen LogP contribution in [0.5, 0.6) is 11.5 Å². The second-order valence-corrected chi connectivity index (χ2v) is 5.62. The maximum Gasteiger partial charge on any atom is 0.272 e. The van der Waals surface area contributed by atoms with Gasteiger partial charge < -0.3 is 9.47 Å². The molecule has 24 heavy (non-hydrogen) atoms. The van der Waals surface area contributed by atoms with Crippen molar-refractivity contribution in [2.24, 2.45) is 10.2 Å². The van der Waals surface area contributed by atoms with Crippen LogP contribution in [0.3, 0.4) is 0 Å². The van der Waals surface area contributed by atoms with E-state index < -0.39 is 11.2 Å². The number of aryl methyl sites for hydroxylation is 1. The fourth-order valence-electron chi connectivity index (χ4n) is 2.80. The molecule has 4 rings (SSSR count). The predicted molar refractivity (Wildman–Crippen MR) is 88.1 cm³/mol. The van der Waals surface area contributed by atoms with Crippen LogP contribution in [0.1, 0.15) is 28.5 Å². The number of fused-ring (bicyclic) bond motifs is 2. The van der Waals surface area contributed by atoms with E-state index >= 15 is 0 Å². The van der Waals surface area contributed by atoms with Gasteiger partial charge in [-0.15, -0.1) is 0 Å². The Hall–Kier alpha value is -3.22. The number of nitrogens with zero attached hydrogens (tertiary/aromatic N) is 3. The van der Waals surface area contributed by atoms with Gasteiger partial charge in [0, 0.05) is 35.4 Å². The van der Waals surface area contributed by atoms with Gasteiger partial charge in [-0.1, -0.05) is 0 Å². The lowest BCUT2D eigenvalue weighted by Crippen LogP contribution is -2.08. The Morgan fingerprint density at radius 2 is 1.96 bits per heavy atom. The van der Waals surface area contributed by atoms with E-state index in [1.807, 2.05) is 12.1 Å². The van der Waals surface area contributed by atoms with Crippen molar-refractivity contribution in [3.05, 3.63) is 62.7 Å². The molecule has 0 saturated heterocycles. The van der Waals surface area contributed by atoms with Crippen molar-refractivity contribution >= 4 is 18.1 Å². The van der Waals surface area contributed by atoms with Gasteiger partial charge in [-0.05, 0) is 36.8 Å². The van der Waals surface area contributed by atoms with Gasteiger partial charge in [0.25, 0.3) is 12.0 Å². The largest absolute Gasteiger partial charge is 0.447 e. The lowest BCUT2D eigenvalue weighted by molar-refractivity contribution is -0.385. The van der Waals surface area contributed by atoms with Crippen LogP contribution in [0.25, 0.3) is 0 Å². The van der Waals surface area contributed by atoms with Crippen molar-refractivity contribution in [3.8, 4) is 11.5 Å². The molecule has 2 aromatic rings. The lowest BCUT2D eigenvalue weighted by atomic mass is 10.1. The van der Waals surface area contributed by atoms with Gasteiger partial charge in [0.1, 0.15) is 0 Å². The monoisotopic (exact) mass is 323 g/mol. The molecule has 0 aromatic heterocycles. The molecule has 0 amide bonds. The highest BCUT2D eigenvalue weighted by Gasteiger charge is 2.28. The summed E-state index contributed by atoms with van der Waals surface area (Å²) in [7, 11) is 0. The molecule has 7 nitrogen and oxygen atoms in total. The summed E-state index contributed by atoms with van der Waals surface area (Å²) in [5.41, 5.74) is 3.38. The summed E-state index contributed by atoms with van der Waals surface area (Å²) in [5, 5.41) is 18.8. The second kappa shape index (κ2) is 5.45.